The average molecular weight is 442 g/mol. The number of rotatable bonds is 5. The third-order valence-electron chi connectivity index (χ3n) is 5.45. The van der Waals surface area contributed by atoms with E-state index in [0.29, 0.717) is 18.7 Å². The zero-order chi connectivity index (χ0) is 22.9. The number of carbonyl (C=O) groups excluding carboxylic acids is 2. The van der Waals surface area contributed by atoms with E-state index in [1.807, 2.05) is 24.3 Å². The van der Waals surface area contributed by atoms with Crippen molar-refractivity contribution in [3.8, 4) is 5.69 Å². The van der Waals surface area contributed by atoms with Crippen LogP contribution in [0.1, 0.15) is 40.0 Å². The fourth-order valence-electron chi connectivity index (χ4n) is 3.70. The molecule has 1 aromatic heterocycles. The van der Waals surface area contributed by atoms with Crippen molar-refractivity contribution in [3.05, 3.63) is 77.1 Å². The van der Waals surface area contributed by atoms with Crippen LogP contribution in [-0.4, -0.2) is 28.1 Å². The van der Waals surface area contributed by atoms with Crippen molar-refractivity contribution < 1.29 is 22.8 Å². The van der Waals surface area contributed by atoms with Crippen LogP contribution in [-0.2, 0) is 17.5 Å². The van der Waals surface area contributed by atoms with Gasteiger partial charge in [-0.2, -0.15) is 18.3 Å². The number of carbonyl (C=O) groups is 2. The number of nitrogens with zero attached hydrogens (tertiary/aromatic N) is 3. The average Bonchev–Trinajstić information content (AvgIpc) is 3.37. The minimum absolute atomic E-state index is 0.110. The Kier molecular flexibility index (Phi) is 5.73. The quantitative estimate of drug-likeness (QED) is 0.642. The van der Waals surface area contributed by atoms with Gasteiger partial charge in [-0.15, -0.1) is 0 Å². The minimum atomic E-state index is -4.46. The number of hydrogen-bond acceptors (Lipinski definition) is 3. The molecule has 1 saturated heterocycles. The van der Waals surface area contributed by atoms with Crippen molar-refractivity contribution in [2.45, 2.75) is 32.5 Å². The summed E-state index contributed by atoms with van der Waals surface area (Å²) in [6.45, 7) is 2.61. The molecule has 9 heteroatoms. The highest BCUT2D eigenvalue weighted by Gasteiger charge is 2.30. The van der Waals surface area contributed by atoms with E-state index in [1.165, 1.54) is 23.0 Å². The number of halogens is 3. The molecule has 166 valence electrons. The normalized spacial score (nSPS) is 14.1. The van der Waals surface area contributed by atoms with Gasteiger partial charge in [-0.1, -0.05) is 18.2 Å². The molecule has 6 nitrogen and oxygen atoms in total. The molecule has 0 unspecified atom stereocenters. The molecule has 32 heavy (non-hydrogen) atoms. The maximum Gasteiger partial charge on any atom is 0.416 e. The van der Waals surface area contributed by atoms with Gasteiger partial charge in [0.25, 0.3) is 5.91 Å². The van der Waals surface area contributed by atoms with E-state index in [2.05, 4.69) is 10.4 Å². The standard InChI is InChI=1S/C23H21F3N4O2/c1-15-20(14-28-30(15)19-5-2-4-17(12-19)23(24,25)26)22(32)27-13-16-7-9-18(10-8-16)29-11-3-6-21(29)31/h2,4-5,7-10,12,14H,3,6,11,13H2,1H3,(H,27,32). The molecule has 1 aliphatic heterocycles. The molecule has 0 atom stereocenters. The van der Waals surface area contributed by atoms with Gasteiger partial charge in [0.05, 0.1) is 28.7 Å². The number of hydrogen-bond donors (Lipinski definition) is 1. The topological polar surface area (TPSA) is 67.2 Å². The third kappa shape index (κ3) is 4.37. The summed E-state index contributed by atoms with van der Waals surface area (Å²) in [5, 5.41) is 6.90. The van der Waals surface area contributed by atoms with Crippen molar-refractivity contribution in [1.29, 1.82) is 0 Å². The van der Waals surface area contributed by atoms with E-state index >= 15 is 0 Å². The summed E-state index contributed by atoms with van der Waals surface area (Å²) in [4.78, 5) is 26.2. The van der Waals surface area contributed by atoms with Crippen molar-refractivity contribution in [3.63, 3.8) is 0 Å². The molecule has 2 aromatic carbocycles. The molecular formula is C23H21F3N4O2. The molecule has 0 saturated carbocycles. The first-order valence-electron chi connectivity index (χ1n) is 10.1. The van der Waals surface area contributed by atoms with Gasteiger partial charge in [-0.25, -0.2) is 4.68 Å². The molecule has 0 spiro atoms. The highest BCUT2D eigenvalue weighted by molar-refractivity contribution is 5.96. The van der Waals surface area contributed by atoms with Crippen LogP contribution in [0.4, 0.5) is 18.9 Å². The lowest BCUT2D eigenvalue weighted by Crippen LogP contribution is -2.24. The van der Waals surface area contributed by atoms with E-state index in [0.717, 1.165) is 29.8 Å². The van der Waals surface area contributed by atoms with Gasteiger partial charge in [-0.05, 0) is 49.2 Å². The van der Waals surface area contributed by atoms with Gasteiger partial charge >= 0.3 is 6.18 Å². The van der Waals surface area contributed by atoms with Gasteiger partial charge in [0.15, 0.2) is 0 Å². The Labute approximate surface area is 182 Å². The van der Waals surface area contributed by atoms with Crippen molar-refractivity contribution in [2.75, 3.05) is 11.4 Å². The Morgan fingerprint density at radius 3 is 2.53 bits per heavy atom. The van der Waals surface area contributed by atoms with Gasteiger partial charge in [0.1, 0.15) is 0 Å². The van der Waals surface area contributed by atoms with Crippen molar-refractivity contribution in [1.82, 2.24) is 15.1 Å². The summed E-state index contributed by atoms with van der Waals surface area (Å²) < 4.78 is 40.3. The molecule has 0 bridgehead atoms. The molecule has 2 amide bonds. The molecule has 1 fully saturated rings. The zero-order valence-corrected chi connectivity index (χ0v) is 17.3. The Morgan fingerprint density at radius 2 is 1.88 bits per heavy atom. The highest BCUT2D eigenvalue weighted by atomic mass is 19.4. The van der Waals surface area contributed by atoms with E-state index < -0.39 is 11.7 Å². The Bertz CT molecular complexity index is 1150. The maximum absolute atomic E-state index is 13.0. The lowest BCUT2D eigenvalue weighted by molar-refractivity contribution is -0.137. The first-order chi connectivity index (χ1) is 15.2. The molecule has 0 aliphatic carbocycles. The smallest absolute Gasteiger partial charge is 0.348 e. The van der Waals surface area contributed by atoms with Gasteiger partial charge in [0.2, 0.25) is 5.91 Å². The summed E-state index contributed by atoms with van der Waals surface area (Å²) in [5.41, 5.74) is 1.85. The first-order valence-corrected chi connectivity index (χ1v) is 10.1. The molecular weight excluding hydrogens is 421 g/mol. The molecule has 2 heterocycles. The predicted molar refractivity (Wildman–Crippen MR) is 113 cm³/mol. The van der Waals surface area contributed by atoms with Crippen LogP contribution in [0.15, 0.2) is 54.7 Å². The number of benzene rings is 2. The Morgan fingerprint density at radius 1 is 1.12 bits per heavy atom. The summed E-state index contributed by atoms with van der Waals surface area (Å²) >= 11 is 0. The summed E-state index contributed by atoms with van der Waals surface area (Å²) in [5.74, 6) is -0.265. The Balaban J connectivity index is 1.44. The lowest BCUT2D eigenvalue weighted by atomic mass is 10.1. The third-order valence-corrected chi connectivity index (χ3v) is 5.45. The van der Waals surface area contributed by atoms with Crippen molar-refractivity contribution >= 4 is 17.5 Å². The van der Waals surface area contributed by atoms with E-state index in [-0.39, 0.29) is 29.6 Å². The summed E-state index contributed by atoms with van der Waals surface area (Å²) in [6.07, 6.45) is -1.71. The monoisotopic (exact) mass is 442 g/mol. The minimum Gasteiger partial charge on any atom is -0.348 e. The zero-order valence-electron chi connectivity index (χ0n) is 17.3. The van der Waals surface area contributed by atoms with Crippen LogP contribution in [0.5, 0.6) is 0 Å². The maximum atomic E-state index is 13.0. The summed E-state index contributed by atoms with van der Waals surface area (Å²) in [6, 6.07) is 12.2. The molecule has 0 radical (unpaired) electrons. The van der Waals surface area contributed by atoms with Gasteiger partial charge in [-0.3, -0.25) is 9.59 Å². The molecule has 1 aliphatic rings. The van der Waals surface area contributed by atoms with E-state index in [1.54, 1.807) is 11.8 Å². The second-order valence-corrected chi connectivity index (χ2v) is 7.60. The fraction of sp³-hybridized carbons (Fsp3) is 0.261. The highest BCUT2D eigenvalue weighted by Crippen LogP contribution is 2.30. The van der Waals surface area contributed by atoms with Gasteiger partial charge < -0.3 is 10.2 Å². The summed E-state index contributed by atoms with van der Waals surface area (Å²) in [7, 11) is 0. The van der Waals surface area contributed by atoms with E-state index in [9.17, 15) is 22.8 Å². The number of aromatic nitrogens is 2. The van der Waals surface area contributed by atoms with Crippen LogP contribution in [0, 0.1) is 6.92 Å². The number of nitrogens with one attached hydrogen (secondary N) is 1. The largest absolute Gasteiger partial charge is 0.416 e. The molecule has 4 rings (SSSR count). The number of alkyl halides is 3. The van der Waals surface area contributed by atoms with Crippen LogP contribution < -0.4 is 10.2 Å². The lowest BCUT2D eigenvalue weighted by Gasteiger charge is -2.16. The van der Waals surface area contributed by atoms with Crippen LogP contribution in [0.25, 0.3) is 5.69 Å². The predicted octanol–water partition coefficient (Wildman–Crippen LogP) is 4.26. The SMILES string of the molecule is Cc1c(C(=O)NCc2ccc(N3CCCC3=O)cc2)cnn1-c1cccc(C(F)(F)F)c1. The molecule has 3 aromatic rings. The van der Waals surface area contributed by atoms with Crippen LogP contribution in [0.3, 0.4) is 0 Å². The number of amides is 2. The van der Waals surface area contributed by atoms with Crippen LogP contribution in [0.2, 0.25) is 0 Å². The van der Waals surface area contributed by atoms with Gasteiger partial charge in [0, 0.05) is 25.2 Å². The van der Waals surface area contributed by atoms with Crippen molar-refractivity contribution in [2.24, 2.45) is 0 Å². The molecule has 1 N–H and O–H groups in total. The second kappa shape index (κ2) is 8.49. The number of anilines is 1. The second-order valence-electron chi connectivity index (χ2n) is 7.60. The first kappa shape index (κ1) is 21.6. The fourth-order valence-corrected chi connectivity index (χ4v) is 3.70. The Hall–Kier alpha value is -3.62. The van der Waals surface area contributed by atoms with E-state index in [4.69, 9.17) is 0 Å². The van der Waals surface area contributed by atoms with Crippen LogP contribution >= 0.6 is 0 Å².